The Kier molecular flexibility index (Phi) is 4.25. The van der Waals surface area contributed by atoms with Crippen LogP contribution in [0.1, 0.15) is 24.7 Å². The number of hydrogen-bond donors (Lipinski definition) is 2. The number of carboxylic acid groups (broad SMARTS) is 1. The van der Waals surface area contributed by atoms with Crippen molar-refractivity contribution in [3.63, 3.8) is 0 Å². The van der Waals surface area contributed by atoms with Gasteiger partial charge >= 0.3 is 5.97 Å². The number of rotatable bonds is 5. The van der Waals surface area contributed by atoms with E-state index in [0.717, 1.165) is 5.69 Å². The number of hydrogen-bond acceptors (Lipinski definition) is 4. The Balaban J connectivity index is 2.91. The standard InChI is InChI=1S/C11H15NO4/c1-3-9(11(14)15)16-10-5-4-7(2)12-8(10)6-13/h4-5,9,13H,3,6H2,1-2H3,(H,14,15). The van der Waals surface area contributed by atoms with Crippen molar-refractivity contribution in [3.05, 3.63) is 23.5 Å². The van der Waals surface area contributed by atoms with E-state index in [1.807, 2.05) is 0 Å². The maximum absolute atomic E-state index is 10.8. The van der Waals surface area contributed by atoms with Crippen LogP contribution in [0.2, 0.25) is 0 Å². The zero-order valence-electron chi connectivity index (χ0n) is 9.30. The molecule has 1 unspecified atom stereocenters. The Labute approximate surface area is 93.7 Å². The van der Waals surface area contributed by atoms with Crippen LogP contribution >= 0.6 is 0 Å². The van der Waals surface area contributed by atoms with Gasteiger partial charge in [-0.25, -0.2) is 4.79 Å². The molecule has 0 spiro atoms. The van der Waals surface area contributed by atoms with Gasteiger partial charge in [-0.05, 0) is 25.5 Å². The van der Waals surface area contributed by atoms with E-state index in [1.54, 1.807) is 26.0 Å². The van der Waals surface area contributed by atoms with Gasteiger partial charge in [-0.1, -0.05) is 6.92 Å². The van der Waals surface area contributed by atoms with Crippen LogP contribution in [0, 0.1) is 6.92 Å². The van der Waals surface area contributed by atoms with Crippen LogP contribution in [-0.2, 0) is 11.4 Å². The molecule has 88 valence electrons. The Morgan fingerprint density at radius 1 is 1.56 bits per heavy atom. The van der Waals surface area contributed by atoms with Crippen molar-refractivity contribution >= 4 is 5.97 Å². The quantitative estimate of drug-likeness (QED) is 0.785. The average Bonchev–Trinajstić information content (AvgIpc) is 2.26. The maximum atomic E-state index is 10.8. The molecule has 1 heterocycles. The molecule has 0 fully saturated rings. The molecule has 16 heavy (non-hydrogen) atoms. The summed E-state index contributed by atoms with van der Waals surface area (Å²) in [6, 6.07) is 3.34. The third-order valence-corrected chi connectivity index (χ3v) is 2.14. The van der Waals surface area contributed by atoms with Gasteiger partial charge in [0.25, 0.3) is 0 Å². The Morgan fingerprint density at radius 2 is 2.25 bits per heavy atom. The molecule has 0 saturated carbocycles. The smallest absolute Gasteiger partial charge is 0.344 e. The number of aryl methyl sites for hydroxylation is 1. The minimum absolute atomic E-state index is 0.271. The van der Waals surface area contributed by atoms with E-state index >= 15 is 0 Å². The summed E-state index contributed by atoms with van der Waals surface area (Å²) in [7, 11) is 0. The maximum Gasteiger partial charge on any atom is 0.344 e. The van der Waals surface area contributed by atoms with Crippen LogP contribution in [0.25, 0.3) is 0 Å². The molecule has 2 N–H and O–H groups in total. The summed E-state index contributed by atoms with van der Waals surface area (Å²) in [6.07, 6.45) is -0.552. The Bertz CT molecular complexity index is 378. The fourth-order valence-corrected chi connectivity index (χ4v) is 1.28. The van der Waals surface area contributed by atoms with Crippen molar-refractivity contribution in [2.24, 2.45) is 0 Å². The molecule has 0 aliphatic carbocycles. The first-order valence-electron chi connectivity index (χ1n) is 5.05. The lowest BCUT2D eigenvalue weighted by Gasteiger charge is -2.15. The Morgan fingerprint density at radius 3 is 2.75 bits per heavy atom. The molecule has 0 aliphatic rings. The SMILES string of the molecule is CCC(Oc1ccc(C)nc1CO)C(=O)O. The summed E-state index contributed by atoms with van der Waals surface area (Å²) in [5.41, 5.74) is 1.11. The zero-order valence-corrected chi connectivity index (χ0v) is 9.30. The van der Waals surface area contributed by atoms with Crippen molar-refractivity contribution in [1.29, 1.82) is 0 Å². The fraction of sp³-hybridized carbons (Fsp3) is 0.455. The van der Waals surface area contributed by atoms with Gasteiger partial charge in [0.15, 0.2) is 6.10 Å². The average molecular weight is 225 g/mol. The highest BCUT2D eigenvalue weighted by Gasteiger charge is 2.18. The van der Waals surface area contributed by atoms with Crippen molar-refractivity contribution in [3.8, 4) is 5.75 Å². The highest BCUT2D eigenvalue weighted by atomic mass is 16.5. The van der Waals surface area contributed by atoms with Crippen LogP contribution < -0.4 is 4.74 Å². The van der Waals surface area contributed by atoms with Gasteiger partial charge in [0.2, 0.25) is 0 Å². The third kappa shape index (κ3) is 2.93. The largest absolute Gasteiger partial charge is 0.479 e. The van der Waals surface area contributed by atoms with Crippen LogP contribution in [0.3, 0.4) is 0 Å². The monoisotopic (exact) mass is 225 g/mol. The summed E-state index contributed by atoms with van der Waals surface area (Å²) >= 11 is 0. The molecule has 5 nitrogen and oxygen atoms in total. The number of aliphatic hydroxyl groups is 1. The number of aliphatic hydroxyl groups excluding tert-OH is 1. The second kappa shape index (κ2) is 5.46. The molecule has 0 saturated heterocycles. The van der Waals surface area contributed by atoms with Gasteiger partial charge in [0.05, 0.1) is 6.61 Å². The lowest BCUT2D eigenvalue weighted by Crippen LogP contribution is -2.26. The highest BCUT2D eigenvalue weighted by Crippen LogP contribution is 2.19. The molecular weight excluding hydrogens is 210 g/mol. The first-order chi connectivity index (χ1) is 7.58. The second-order valence-electron chi connectivity index (χ2n) is 3.41. The van der Waals surface area contributed by atoms with Gasteiger partial charge in [-0.3, -0.25) is 4.98 Å². The molecule has 0 bridgehead atoms. The molecule has 0 amide bonds. The number of carboxylic acids is 1. The van der Waals surface area contributed by atoms with Crippen LogP contribution in [0.15, 0.2) is 12.1 Å². The summed E-state index contributed by atoms with van der Waals surface area (Å²) < 4.78 is 5.28. The summed E-state index contributed by atoms with van der Waals surface area (Å²) in [5.74, 6) is -0.700. The minimum Gasteiger partial charge on any atom is -0.479 e. The first-order valence-corrected chi connectivity index (χ1v) is 5.05. The molecule has 1 atom stereocenters. The van der Waals surface area contributed by atoms with Gasteiger partial charge in [0.1, 0.15) is 11.4 Å². The van der Waals surface area contributed by atoms with E-state index in [1.165, 1.54) is 0 Å². The lowest BCUT2D eigenvalue weighted by molar-refractivity contribution is -0.145. The molecule has 1 aromatic rings. The van der Waals surface area contributed by atoms with Gasteiger partial charge in [0, 0.05) is 5.69 Å². The second-order valence-corrected chi connectivity index (χ2v) is 3.41. The molecule has 0 radical (unpaired) electrons. The molecule has 5 heteroatoms. The first kappa shape index (κ1) is 12.4. The van der Waals surface area contributed by atoms with E-state index in [4.69, 9.17) is 14.9 Å². The van der Waals surface area contributed by atoms with E-state index < -0.39 is 12.1 Å². The lowest BCUT2D eigenvalue weighted by atomic mass is 10.2. The third-order valence-electron chi connectivity index (χ3n) is 2.14. The van der Waals surface area contributed by atoms with E-state index in [0.29, 0.717) is 17.9 Å². The van der Waals surface area contributed by atoms with Crippen LogP contribution in [0.4, 0.5) is 0 Å². The van der Waals surface area contributed by atoms with Crippen molar-refractivity contribution in [1.82, 2.24) is 4.98 Å². The van der Waals surface area contributed by atoms with Gasteiger partial charge < -0.3 is 14.9 Å². The molecule has 0 aliphatic heterocycles. The number of aromatic nitrogens is 1. The summed E-state index contributed by atoms with van der Waals surface area (Å²) in [5, 5.41) is 17.9. The summed E-state index contributed by atoms with van der Waals surface area (Å²) in [4.78, 5) is 14.9. The van der Waals surface area contributed by atoms with Gasteiger partial charge in [-0.15, -0.1) is 0 Å². The Hall–Kier alpha value is -1.62. The molecule has 0 aromatic carbocycles. The number of ether oxygens (including phenoxy) is 1. The number of pyridine rings is 1. The summed E-state index contributed by atoms with van der Waals surface area (Å²) in [6.45, 7) is 3.24. The molecule has 1 rings (SSSR count). The molecular formula is C11H15NO4. The predicted molar refractivity (Wildman–Crippen MR) is 57.2 cm³/mol. The predicted octanol–water partition coefficient (Wildman–Crippen LogP) is 1.12. The van der Waals surface area contributed by atoms with Gasteiger partial charge in [-0.2, -0.15) is 0 Å². The molecule has 1 aromatic heterocycles. The van der Waals surface area contributed by atoms with Crippen molar-refractivity contribution in [2.45, 2.75) is 33.0 Å². The normalized spacial score (nSPS) is 12.2. The van der Waals surface area contributed by atoms with Crippen molar-refractivity contribution < 1.29 is 19.7 Å². The fourth-order valence-electron chi connectivity index (χ4n) is 1.28. The van der Waals surface area contributed by atoms with Crippen LogP contribution in [0.5, 0.6) is 5.75 Å². The zero-order chi connectivity index (χ0) is 12.1. The van der Waals surface area contributed by atoms with E-state index in [-0.39, 0.29) is 6.61 Å². The van der Waals surface area contributed by atoms with Crippen molar-refractivity contribution in [2.75, 3.05) is 0 Å². The van der Waals surface area contributed by atoms with E-state index in [2.05, 4.69) is 4.98 Å². The topological polar surface area (TPSA) is 79.7 Å². The minimum atomic E-state index is -1.02. The number of nitrogens with zero attached hydrogens (tertiary/aromatic N) is 1. The number of carbonyl (C=O) groups is 1. The number of aliphatic carboxylic acids is 1. The highest BCUT2D eigenvalue weighted by molar-refractivity contribution is 5.72. The van der Waals surface area contributed by atoms with Crippen LogP contribution in [-0.4, -0.2) is 27.3 Å². The van der Waals surface area contributed by atoms with E-state index in [9.17, 15) is 4.79 Å².